The maximum Gasteiger partial charge on any atom is 0.273 e. The molecule has 1 aromatic carbocycles. The Kier molecular flexibility index (Phi) is 5.59. The molecule has 2 heterocycles. The molecule has 0 saturated heterocycles. The van der Waals surface area contributed by atoms with Crippen LogP contribution in [0.5, 0.6) is 5.75 Å². The number of amides is 1. The highest BCUT2D eigenvalue weighted by molar-refractivity contribution is 5.92. The van der Waals surface area contributed by atoms with Crippen LogP contribution in [-0.2, 0) is 0 Å². The second-order valence-electron chi connectivity index (χ2n) is 5.77. The molecule has 0 radical (unpaired) electrons. The minimum atomic E-state index is -0.255. The van der Waals surface area contributed by atoms with Gasteiger partial charge in [-0.15, -0.1) is 0 Å². The number of nitrogens with zero attached hydrogens (tertiary/aromatic N) is 3. The molecule has 2 aromatic heterocycles. The number of methoxy groups -OCH3 is 1. The second-order valence-corrected chi connectivity index (χ2v) is 5.77. The zero-order valence-electron chi connectivity index (χ0n) is 14.9. The van der Waals surface area contributed by atoms with Crippen molar-refractivity contribution < 1.29 is 9.53 Å². The zero-order valence-corrected chi connectivity index (χ0v) is 14.9. The first-order chi connectivity index (χ1) is 12.7. The van der Waals surface area contributed by atoms with Crippen molar-refractivity contribution >= 4 is 5.91 Å². The van der Waals surface area contributed by atoms with Crippen LogP contribution in [0.4, 0.5) is 0 Å². The summed E-state index contributed by atoms with van der Waals surface area (Å²) >= 11 is 0. The van der Waals surface area contributed by atoms with Crippen molar-refractivity contribution in [2.24, 2.45) is 0 Å². The lowest BCUT2D eigenvalue weighted by Gasteiger charge is -2.31. The van der Waals surface area contributed by atoms with Gasteiger partial charge >= 0.3 is 0 Å². The highest BCUT2D eigenvalue weighted by atomic mass is 16.5. The molecule has 3 aromatic rings. The summed E-state index contributed by atoms with van der Waals surface area (Å²) < 4.78 is 5.26. The van der Waals surface area contributed by atoms with E-state index in [-0.39, 0.29) is 11.9 Å². The Labute approximate surface area is 153 Å². The molecule has 0 aliphatic rings. The molecule has 0 aliphatic carbocycles. The van der Waals surface area contributed by atoms with E-state index in [9.17, 15) is 4.79 Å². The average Bonchev–Trinajstić information content (AvgIpc) is 2.73. The zero-order chi connectivity index (χ0) is 18.4. The van der Waals surface area contributed by atoms with Crippen molar-refractivity contribution in [2.45, 2.75) is 13.0 Å². The lowest BCUT2D eigenvalue weighted by molar-refractivity contribution is 0.0711. The Bertz CT molecular complexity index is 836. The third kappa shape index (κ3) is 3.72. The minimum Gasteiger partial charge on any atom is -0.497 e. The molecule has 0 N–H and O–H groups in total. The van der Waals surface area contributed by atoms with Crippen LogP contribution in [0.25, 0.3) is 0 Å². The number of pyridine rings is 2. The van der Waals surface area contributed by atoms with Crippen LogP contribution in [0.3, 0.4) is 0 Å². The molecule has 0 fully saturated rings. The fraction of sp³-hybridized carbons (Fsp3) is 0.190. The van der Waals surface area contributed by atoms with Gasteiger partial charge in [-0.05, 0) is 48.4 Å². The van der Waals surface area contributed by atoms with Crippen LogP contribution in [0, 0.1) is 0 Å². The highest BCUT2D eigenvalue weighted by Crippen LogP contribution is 2.30. The van der Waals surface area contributed by atoms with Crippen molar-refractivity contribution in [3.63, 3.8) is 0 Å². The minimum absolute atomic E-state index is 0.113. The Morgan fingerprint density at radius 3 is 2.42 bits per heavy atom. The molecule has 5 nitrogen and oxygen atoms in total. The standard InChI is InChI=1S/C21H21N3O2/c1-3-24(21(25)19-8-4-5-14-23-19)20(17-7-6-13-22-15-17)16-9-11-18(26-2)12-10-16/h4-15,20H,3H2,1-2H3. The summed E-state index contributed by atoms with van der Waals surface area (Å²) in [6.45, 7) is 2.51. The molecule has 0 saturated carbocycles. The molecule has 0 spiro atoms. The van der Waals surface area contributed by atoms with Crippen molar-refractivity contribution in [3.8, 4) is 5.75 Å². The van der Waals surface area contributed by atoms with Gasteiger partial charge in [0.2, 0.25) is 0 Å². The number of hydrogen-bond donors (Lipinski definition) is 0. The van der Waals surface area contributed by atoms with Crippen LogP contribution < -0.4 is 4.74 Å². The van der Waals surface area contributed by atoms with Gasteiger partial charge in [0.25, 0.3) is 5.91 Å². The first kappa shape index (κ1) is 17.6. The van der Waals surface area contributed by atoms with Crippen LogP contribution >= 0.6 is 0 Å². The van der Waals surface area contributed by atoms with Crippen LogP contribution in [0.15, 0.2) is 73.2 Å². The largest absolute Gasteiger partial charge is 0.497 e. The van der Waals surface area contributed by atoms with E-state index >= 15 is 0 Å². The monoisotopic (exact) mass is 347 g/mol. The van der Waals surface area contributed by atoms with Crippen molar-refractivity contribution in [1.29, 1.82) is 0 Å². The molecule has 5 heteroatoms. The summed E-state index contributed by atoms with van der Waals surface area (Å²) in [6.07, 6.45) is 5.15. The molecule has 26 heavy (non-hydrogen) atoms. The van der Waals surface area contributed by atoms with Gasteiger partial charge in [-0.2, -0.15) is 0 Å². The fourth-order valence-electron chi connectivity index (χ4n) is 2.96. The van der Waals surface area contributed by atoms with E-state index in [0.29, 0.717) is 12.2 Å². The van der Waals surface area contributed by atoms with Gasteiger partial charge in [0.15, 0.2) is 0 Å². The third-order valence-electron chi connectivity index (χ3n) is 4.23. The van der Waals surface area contributed by atoms with E-state index < -0.39 is 0 Å². The Balaban J connectivity index is 2.04. The van der Waals surface area contributed by atoms with Gasteiger partial charge in [0, 0.05) is 25.1 Å². The van der Waals surface area contributed by atoms with Crippen molar-refractivity contribution in [3.05, 3.63) is 90.0 Å². The van der Waals surface area contributed by atoms with Gasteiger partial charge in [-0.3, -0.25) is 14.8 Å². The summed E-state index contributed by atoms with van der Waals surface area (Å²) in [5.41, 5.74) is 2.37. The van der Waals surface area contributed by atoms with Crippen molar-refractivity contribution in [2.75, 3.05) is 13.7 Å². The highest BCUT2D eigenvalue weighted by Gasteiger charge is 2.27. The predicted molar refractivity (Wildman–Crippen MR) is 100 cm³/mol. The lowest BCUT2D eigenvalue weighted by Crippen LogP contribution is -2.36. The number of hydrogen-bond acceptors (Lipinski definition) is 4. The summed E-state index contributed by atoms with van der Waals surface area (Å²) in [4.78, 5) is 23.4. The van der Waals surface area contributed by atoms with Gasteiger partial charge in [-0.1, -0.05) is 24.3 Å². The Morgan fingerprint density at radius 2 is 1.85 bits per heavy atom. The first-order valence-corrected chi connectivity index (χ1v) is 8.50. The Morgan fingerprint density at radius 1 is 1.04 bits per heavy atom. The number of carbonyl (C=O) groups is 1. The predicted octanol–water partition coefficient (Wildman–Crippen LogP) is 3.74. The summed E-state index contributed by atoms with van der Waals surface area (Å²) in [5, 5.41) is 0. The van der Waals surface area contributed by atoms with Gasteiger partial charge in [0.05, 0.1) is 13.2 Å². The molecule has 1 atom stereocenters. The quantitative estimate of drug-likeness (QED) is 0.682. The lowest BCUT2D eigenvalue weighted by atomic mass is 9.97. The molecule has 0 bridgehead atoms. The molecule has 0 aliphatic heterocycles. The smallest absolute Gasteiger partial charge is 0.273 e. The number of aromatic nitrogens is 2. The molecule has 1 unspecified atom stereocenters. The number of rotatable bonds is 6. The number of ether oxygens (including phenoxy) is 1. The number of carbonyl (C=O) groups excluding carboxylic acids is 1. The van der Waals surface area contributed by atoms with Gasteiger partial charge in [0.1, 0.15) is 11.4 Å². The van der Waals surface area contributed by atoms with Crippen LogP contribution in [0.1, 0.15) is 34.6 Å². The summed E-state index contributed by atoms with van der Waals surface area (Å²) in [5.74, 6) is 0.663. The number of benzene rings is 1. The average molecular weight is 347 g/mol. The van der Waals surface area contributed by atoms with E-state index in [1.807, 2.05) is 49.4 Å². The van der Waals surface area contributed by atoms with E-state index in [1.54, 1.807) is 42.7 Å². The molecule has 1 amide bonds. The van der Waals surface area contributed by atoms with E-state index in [2.05, 4.69) is 9.97 Å². The first-order valence-electron chi connectivity index (χ1n) is 8.50. The summed E-state index contributed by atoms with van der Waals surface area (Å²) in [7, 11) is 1.64. The van der Waals surface area contributed by atoms with E-state index in [4.69, 9.17) is 4.74 Å². The second kappa shape index (κ2) is 8.25. The summed E-state index contributed by atoms with van der Waals surface area (Å²) in [6, 6.07) is 16.7. The maximum absolute atomic E-state index is 13.1. The molecule has 132 valence electrons. The van der Waals surface area contributed by atoms with E-state index in [0.717, 1.165) is 16.9 Å². The maximum atomic E-state index is 13.1. The molecular weight excluding hydrogens is 326 g/mol. The molecule has 3 rings (SSSR count). The van der Waals surface area contributed by atoms with Crippen LogP contribution in [-0.4, -0.2) is 34.4 Å². The Hall–Kier alpha value is -3.21. The third-order valence-corrected chi connectivity index (χ3v) is 4.23. The van der Waals surface area contributed by atoms with Crippen molar-refractivity contribution in [1.82, 2.24) is 14.9 Å². The normalized spacial score (nSPS) is 11.6. The van der Waals surface area contributed by atoms with E-state index in [1.165, 1.54) is 0 Å². The fourth-order valence-corrected chi connectivity index (χ4v) is 2.96. The van der Waals surface area contributed by atoms with Gasteiger partial charge in [-0.25, -0.2) is 0 Å². The molecular formula is C21H21N3O2. The topological polar surface area (TPSA) is 55.3 Å². The SMILES string of the molecule is CCN(C(=O)c1ccccn1)C(c1ccc(OC)cc1)c1cccnc1. The van der Waals surface area contributed by atoms with Gasteiger partial charge < -0.3 is 9.64 Å². The van der Waals surface area contributed by atoms with Crippen LogP contribution in [0.2, 0.25) is 0 Å².